The highest BCUT2D eigenvalue weighted by Crippen LogP contribution is 2.28. The van der Waals surface area contributed by atoms with Gasteiger partial charge in [-0.3, -0.25) is 4.79 Å². The summed E-state index contributed by atoms with van der Waals surface area (Å²) < 4.78 is 12.9. The molecular weight excluding hydrogens is 392 g/mol. The number of nitrogens with zero attached hydrogens (tertiary/aromatic N) is 3. The van der Waals surface area contributed by atoms with Crippen molar-refractivity contribution in [3.63, 3.8) is 0 Å². The van der Waals surface area contributed by atoms with Crippen LogP contribution in [0.5, 0.6) is 11.5 Å². The number of methoxy groups -OCH3 is 1. The minimum absolute atomic E-state index is 0.307. The van der Waals surface area contributed by atoms with Gasteiger partial charge in [-0.15, -0.1) is 0 Å². The average Bonchev–Trinajstić information content (AvgIpc) is 3.41. The van der Waals surface area contributed by atoms with Crippen molar-refractivity contribution in [2.45, 2.75) is 32.6 Å². The summed E-state index contributed by atoms with van der Waals surface area (Å²) in [4.78, 5) is 12.8. The zero-order chi connectivity index (χ0) is 21.6. The van der Waals surface area contributed by atoms with Crippen LogP contribution >= 0.6 is 0 Å². The Hall–Kier alpha value is -3.61. The van der Waals surface area contributed by atoms with Gasteiger partial charge in [0.05, 0.1) is 25.6 Å². The number of carbonyl (C=O) groups excluding carboxylic acids is 1. The van der Waals surface area contributed by atoms with Crippen LogP contribution in [0.4, 0.5) is 0 Å². The van der Waals surface area contributed by atoms with E-state index in [9.17, 15) is 4.79 Å². The number of aromatic nitrogens is 2. The van der Waals surface area contributed by atoms with Gasteiger partial charge in [-0.1, -0.05) is 25.1 Å². The number of hydrogen-bond donors (Lipinski definition) is 1. The molecule has 0 unspecified atom stereocenters. The second kappa shape index (κ2) is 9.47. The predicted octanol–water partition coefficient (Wildman–Crippen LogP) is 3.92. The third-order valence-corrected chi connectivity index (χ3v) is 5.18. The number of amides is 1. The summed E-state index contributed by atoms with van der Waals surface area (Å²) in [6.07, 6.45) is 5.29. The summed E-state index contributed by atoms with van der Waals surface area (Å²) in [5.41, 5.74) is 6.92. The highest BCUT2D eigenvalue weighted by Gasteiger charge is 2.26. The average molecular weight is 418 g/mol. The van der Waals surface area contributed by atoms with Crippen LogP contribution in [0, 0.1) is 0 Å². The fourth-order valence-corrected chi connectivity index (χ4v) is 3.72. The zero-order valence-electron chi connectivity index (χ0n) is 17.8. The van der Waals surface area contributed by atoms with E-state index in [0.29, 0.717) is 23.8 Å². The molecule has 1 amide bonds. The fourth-order valence-electron chi connectivity index (χ4n) is 3.72. The predicted molar refractivity (Wildman–Crippen MR) is 119 cm³/mol. The van der Waals surface area contributed by atoms with Crippen molar-refractivity contribution < 1.29 is 14.3 Å². The van der Waals surface area contributed by atoms with Gasteiger partial charge >= 0.3 is 0 Å². The number of fused-ring (bicyclic) bond motifs is 1. The van der Waals surface area contributed by atoms with Crippen molar-refractivity contribution >= 4 is 12.1 Å². The molecule has 0 spiro atoms. The Bertz CT molecular complexity index is 1090. The van der Waals surface area contributed by atoms with E-state index in [1.165, 1.54) is 0 Å². The maximum Gasteiger partial charge on any atom is 0.292 e. The minimum Gasteiger partial charge on any atom is -0.493 e. The van der Waals surface area contributed by atoms with Crippen LogP contribution in [0.2, 0.25) is 0 Å². The smallest absolute Gasteiger partial charge is 0.292 e. The van der Waals surface area contributed by atoms with Gasteiger partial charge in [-0.05, 0) is 61.6 Å². The molecule has 7 heteroatoms. The molecule has 0 atom stereocenters. The number of carbonyl (C=O) groups is 1. The fraction of sp³-hybridized carbons (Fsp3) is 0.292. The first-order valence-corrected chi connectivity index (χ1v) is 10.5. The highest BCUT2D eigenvalue weighted by molar-refractivity contribution is 5.95. The van der Waals surface area contributed by atoms with Crippen LogP contribution in [-0.2, 0) is 12.8 Å². The van der Waals surface area contributed by atoms with Crippen LogP contribution in [0.3, 0.4) is 0 Å². The van der Waals surface area contributed by atoms with E-state index in [1.807, 2.05) is 53.2 Å². The Labute approximate surface area is 181 Å². The molecule has 7 nitrogen and oxygen atoms in total. The van der Waals surface area contributed by atoms with E-state index >= 15 is 0 Å². The molecule has 0 radical (unpaired) electrons. The van der Waals surface area contributed by atoms with Gasteiger partial charge in [-0.25, -0.2) is 10.1 Å². The van der Waals surface area contributed by atoms with Crippen molar-refractivity contribution in [3.05, 3.63) is 71.0 Å². The van der Waals surface area contributed by atoms with Gasteiger partial charge < -0.3 is 9.47 Å². The van der Waals surface area contributed by atoms with Crippen LogP contribution in [0.25, 0.3) is 5.69 Å². The lowest BCUT2D eigenvalue weighted by atomic mass is 10.2. The number of para-hydroxylation sites is 1. The summed E-state index contributed by atoms with van der Waals surface area (Å²) in [7, 11) is 1.60. The number of hydrazone groups is 1. The Kier molecular flexibility index (Phi) is 6.31. The number of benzene rings is 2. The number of rotatable bonds is 8. The van der Waals surface area contributed by atoms with Crippen LogP contribution in [-0.4, -0.2) is 35.6 Å². The topological polar surface area (TPSA) is 77.7 Å². The van der Waals surface area contributed by atoms with E-state index in [4.69, 9.17) is 9.47 Å². The second-order valence-electron chi connectivity index (χ2n) is 7.33. The van der Waals surface area contributed by atoms with E-state index in [2.05, 4.69) is 22.5 Å². The first-order valence-electron chi connectivity index (χ1n) is 10.5. The summed E-state index contributed by atoms with van der Waals surface area (Å²) in [6.45, 7) is 2.67. The van der Waals surface area contributed by atoms with Gasteiger partial charge in [0.1, 0.15) is 0 Å². The quantitative estimate of drug-likeness (QED) is 0.444. The molecule has 1 aliphatic carbocycles. The lowest BCUT2D eigenvalue weighted by molar-refractivity contribution is 0.0949. The first kappa shape index (κ1) is 20.7. The maximum absolute atomic E-state index is 12.8. The van der Waals surface area contributed by atoms with Crippen LogP contribution < -0.4 is 14.9 Å². The standard InChI is InChI=1S/C24H26N4O3/c1-3-14-31-21-13-12-17(15-22(21)30-2)16-25-26-24(29)23-19-10-7-11-20(19)28(27-23)18-8-5-4-6-9-18/h4-6,8-9,12-13,15-16H,3,7,10-11,14H2,1-2H3,(H,26,29)/b25-16+. The molecule has 160 valence electrons. The van der Waals surface area contributed by atoms with Gasteiger partial charge in [0.25, 0.3) is 5.91 Å². The summed E-state index contributed by atoms with van der Waals surface area (Å²) in [5, 5.41) is 8.71. The SMILES string of the molecule is CCCOc1ccc(/C=N/NC(=O)c2nn(-c3ccccc3)c3c2CCC3)cc1OC. The minimum atomic E-state index is -0.307. The maximum atomic E-state index is 12.8. The van der Waals surface area contributed by atoms with E-state index < -0.39 is 0 Å². The molecule has 0 saturated heterocycles. The molecule has 0 fully saturated rings. The third kappa shape index (κ3) is 4.45. The van der Waals surface area contributed by atoms with Crippen molar-refractivity contribution in [1.82, 2.24) is 15.2 Å². The Balaban J connectivity index is 1.49. The van der Waals surface area contributed by atoms with Crippen molar-refractivity contribution in [1.29, 1.82) is 0 Å². The van der Waals surface area contributed by atoms with Gasteiger partial charge in [-0.2, -0.15) is 10.2 Å². The Morgan fingerprint density at radius 1 is 1.19 bits per heavy atom. The molecule has 0 saturated carbocycles. The lowest BCUT2D eigenvalue weighted by Crippen LogP contribution is -2.20. The molecule has 4 rings (SSSR count). The molecule has 1 aromatic heterocycles. The number of ether oxygens (including phenoxy) is 2. The summed E-state index contributed by atoms with van der Waals surface area (Å²) in [6, 6.07) is 15.4. The van der Waals surface area contributed by atoms with E-state index in [1.54, 1.807) is 13.3 Å². The van der Waals surface area contributed by atoms with E-state index in [0.717, 1.165) is 48.2 Å². The monoisotopic (exact) mass is 418 g/mol. The summed E-state index contributed by atoms with van der Waals surface area (Å²) >= 11 is 0. The molecule has 1 heterocycles. The molecule has 1 N–H and O–H groups in total. The molecule has 1 aliphatic rings. The number of hydrogen-bond acceptors (Lipinski definition) is 5. The molecule has 31 heavy (non-hydrogen) atoms. The molecular formula is C24H26N4O3. The van der Waals surface area contributed by atoms with Crippen molar-refractivity contribution in [3.8, 4) is 17.2 Å². The van der Waals surface area contributed by atoms with Gasteiger partial charge in [0.2, 0.25) is 0 Å². The summed E-state index contributed by atoms with van der Waals surface area (Å²) in [5.74, 6) is 1.01. The Morgan fingerprint density at radius 2 is 2.03 bits per heavy atom. The third-order valence-electron chi connectivity index (χ3n) is 5.18. The molecule has 0 aliphatic heterocycles. The normalized spacial score (nSPS) is 12.7. The first-order chi connectivity index (χ1) is 15.2. The van der Waals surface area contributed by atoms with Gasteiger partial charge in [0.15, 0.2) is 17.2 Å². The molecule has 0 bridgehead atoms. The second-order valence-corrected chi connectivity index (χ2v) is 7.33. The van der Waals surface area contributed by atoms with Gasteiger partial charge in [0, 0.05) is 11.3 Å². The van der Waals surface area contributed by atoms with Crippen molar-refractivity contribution in [2.24, 2.45) is 5.10 Å². The Morgan fingerprint density at radius 3 is 2.81 bits per heavy atom. The van der Waals surface area contributed by atoms with E-state index in [-0.39, 0.29) is 5.91 Å². The number of nitrogens with one attached hydrogen (secondary N) is 1. The van der Waals surface area contributed by atoms with Crippen LogP contribution in [0.1, 0.15) is 47.1 Å². The largest absolute Gasteiger partial charge is 0.493 e. The molecule has 2 aromatic carbocycles. The lowest BCUT2D eigenvalue weighted by Gasteiger charge is -2.10. The molecule has 3 aromatic rings. The van der Waals surface area contributed by atoms with Crippen LogP contribution in [0.15, 0.2) is 53.6 Å². The highest BCUT2D eigenvalue weighted by atomic mass is 16.5. The van der Waals surface area contributed by atoms with Crippen molar-refractivity contribution in [2.75, 3.05) is 13.7 Å². The zero-order valence-corrected chi connectivity index (χ0v) is 17.8.